The highest BCUT2D eigenvalue weighted by atomic mass is 19.1. The number of rotatable bonds is 11. The number of anilines is 2. The second-order valence-electron chi connectivity index (χ2n) is 11.0. The third-order valence-corrected chi connectivity index (χ3v) is 7.89. The first-order valence-corrected chi connectivity index (χ1v) is 15.0. The predicted molar refractivity (Wildman–Crippen MR) is 174 cm³/mol. The van der Waals surface area contributed by atoms with Gasteiger partial charge >= 0.3 is 0 Å². The van der Waals surface area contributed by atoms with Gasteiger partial charge in [0, 0.05) is 64.2 Å². The van der Waals surface area contributed by atoms with Crippen LogP contribution in [0.3, 0.4) is 0 Å². The Bertz CT molecular complexity index is 1820. The van der Waals surface area contributed by atoms with Crippen molar-refractivity contribution in [3.63, 3.8) is 0 Å². The summed E-state index contributed by atoms with van der Waals surface area (Å²) >= 11 is 0. The van der Waals surface area contributed by atoms with Crippen LogP contribution in [0.25, 0.3) is 22.8 Å². The molecule has 0 aliphatic carbocycles. The number of hydrogen-bond acceptors (Lipinski definition) is 5. The minimum Gasteiger partial charge on any atom is -0.390 e. The molecule has 1 aromatic heterocycles. The van der Waals surface area contributed by atoms with Crippen LogP contribution in [0.15, 0.2) is 66.7 Å². The standard InChI is InChI=1S/C35H35F2N5O4/c1-4-42(5-2)19-24(43)18-38-35(46)31-20(3)39-30(32(31)25-13-12-22(36)16-28(25)37)17-27-26-15-21(11-14-29(26)41-34(27)45)33(44)40-23-9-7-6-8-10-23/h6-17,24,39,43H,4-5,18-19H2,1-3H3,(H,38,46)(H,40,44)(H,41,45)/b27-17-. The van der Waals surface area contributed by atoms with Gasteiger partial charge in [0.25, 0.3) is 17.7 Å². The molecular weight excluding hydrogens is 592 g/mol. The van der Waals surface area contributed by atoms with E-state index in [1.165, 1.54) is 12.1 Å². The van der Waals surface area contributed by atoms with Crippen LogP contribution in [-0.2, 0) is 4.79 Å². The van der Waals surface area contributed by atoms with Gasteiger partial charge < -0.3 is 30.9 Å². The van der Waals surface area contributed by atoms with Gasteiger partial charge in [-0.05, 0) is 68.6 Å². The molecule has 1 atom stereocenters. The van der Waals surface area contributed by atoms with E-state index in [9.17, 15) is 23.9 Å². The molecule has 1 aliphatic heterocycles. The third-order valence-electron chi connectivity index (χ3n) is 7.89. The van der Waals surface area contributed by atoms with Crippen molar-refractivity contribution >= 4 is 40.7 Å². The number of aryl methyl sites for hydroxylation is 1. The highest BCUT2D eigenvalue weighted by Gasteiger charge is 2.29. The van der Waals surface area contributed by atoms with Crippen molar-refractivity contribution < 1.29 is 28.3 Å². The van der Waals surface area contributed by atoms with Crippen molar-refractivity contribution in [1.82, 2.24) is 15.2 Å². The number of aliphatic hydroxyl groups excluding tert-OH is 1. The van der Waals surface area contributed by atoms with Crippen LogP contribution >= 0.6 is 0 Å². The van der Waals surface area contributed by atoms with Gasteiger partial charge in [0.15, 0.2) is 0 Å². The van der Waals surface area contributed by atoms with E-state index in [1.807, 2.05) is 24.8 Å². The average molecular weight is 628 g/mol. The normalized spacial score (nSPS) is 13.9. The number of nitrogens with zero attached hydrogens (tertiary/aromatic N) is 1. The summed E-state index contributed by atoms with van der Waals surface area (Å²) in [6, 6.07) is 16.8. The van der Waals surface area contributed by atoms with Gasteiger partial charge in [0.2, 0.25) is 0 Å². The molecule has 1 aliphatic rings. The summed E-state index contributed by atoms with van der Waals surface area (Å²) in [5, 5.41) is 18.8. The molecule has 238 valence electrons. The minimum absolute atomic E-state index is 0.0503. The third kappa shape index (κ3) is 6.90. The quantitative estimate of drug-likeness (QED) is 0.142. The first kappa shape index (κ1) is 32.3. The second-order valence-corrected chi connectivity index (χ2v) is 11.0. The van der Waals surface area contributed by atoms with Crippen LogP contribution < -0.4 is 16.0 Å². The molecule has 0 fully saturated rings. The molecule has 4 aromatic rings. The van der Waals surface area contributed by atoms with Gasteiger partial charge in [-0.25, -0.2) is 8.78 Å². The summed E-state index contributed by atoms with van der Waals surface area (Å²) in [6.45, 7) is 7.35. The highest BCUT2D eigenvalue weighted by Crippen LogP contribution is 2.38. The SMILES string of the molecule is CCN(CC)CC(O)CNC(=O)c1c(C)[nH]c(/C=C2\C(=O)Nc3ccc(C(=O)Nc4ccccc4)cc32)c1-c1ccc(F)cc1F. The number of benzene rings is 3. The molecule has 5 rings (SSSR count). The fourth-order valence-electron chi connectivity index (χ4n) is 5.50. The smallest absolute Gasteiger partial charge is 0.256 e. The minimum atomic E-state index is -0.898. The Kier molecular flexibility index (Phi) is 9.74. The van der Waals surface area contributed by atoms with Crippen LogP contribution in [0.1, 0.15) is 51.5 Å². The Morgan fingerprint density at radius 3 is 2.41 bits per heavy atom. The number of aliphatic hydroxyl groups is 1. The molecule has 0 spiro atoms. The second kappa shape index (κ2) is 13.9. The lowest BCUT2D eigenvalue weighted by Gasteiger charge is -2.22. The molecule has 11 heteroatoms. The largest absolute Gasteiger partial charge is 0.390 e. The number of para-hydroxylation sites is 1. The average Bonchev–Trinajstić information content (AvgIpc) is 3.53. The van der Waals surface area contributed by atoms with Crippen LogP contribution in [-0.4, -0.2) is 65.0 Å². The molecule has 0 saturated heterocycles. The number of amides is 3. The predicted octanol–water partition coefficient (Wildman–Crippen LogP) is 5.45. The fraction of sp³-hybridized carbons (Fsp3) is 0.229. The maximum absolute atomic E-state index is 15.3. The number of carbonyl (C=O) groups excluding carboxylic acids is 3. The zero-order valence-corrected chi connectivity index (χ0v) is 25.7. The molecule has 5 N–H and O–H groups in total. The van der Waals surface area contributed by atoms with Crippen LogP contribution in [0.4, 0.5) is 20.2 Å². The van der Waals surface area contributed by atoms with Crippen LogP contribution in [0, 0.1) is 18.6 Å². The van der Waals surface area contributed by atoms with Crippen molar-refractivity contribution in [1.29, 1.82) is 0 Å². The van der Waals surface area contributed by atoms with Crippen molar-refractivity contribution in [3.05, 3.63) is 106 Å². The first-order chi connectivity index (χ1) is 22.1. The monoisotopic (exact) mass is 627 g/mol. The van der Waals surface area contributed by atoms with Gasteiger partial charge in [-0.3, -0.25) is 14.4 Å². The van der Waals surface area contributed by atoms with E-state index in [-0.39, 0.29) is 40.4 Å². The van der Waals surface area contributed by atoms with E-state index < -0.39 is 29.6 Å². The number of aromatic amines is 1. The molecule has 1 unspecified atom stereocenters. The number of carbonyl (C=O) groups is 3. The van der Waals surface area contributed by atoms with Crippen molar-refractivity contribution in [2.24, 2.45) is 0 Å². The first-order valence-electron chi connectivity index (χ1n) is 15.0. The summed E-state index contributed by atoms with van der Waals surface area (Å²) in [5.41, 5.74) is 2.76. The Morgan fingerprint density at radius 1 is 0.978 bits per heavy atom. The molecule has 3 aromatic carbocycles. The number of halogens is 2. The number of hydrogen-bond donors (Lipinski definition) is 5. The Hall–Kier alpha value is -5.13. The van der Waals surface area contributed by atoms with Crippen molar-refractivity contribution in [2.45, 2.75) is 26.9 Å². The fourth-order valence-corrected chi connectivity index (χ4v) is 5.50. The van der Waals surface area contributed by atoms with E-state index in [0.29, 0.717) is 34.7 Å². The lowest BCUT2D eigenvalue weighted by atomic mass is 9.96. The van der Waals surface area contributed by atoms with Gasteiger partial charge in [-0.2, -0.15) is 0 Å². The lowest BCUT2D eigenvalue weighted by Crippen LogP contribution is -2.40. The molecule has 0 saturated carbocycles. The van der Waals surface area contributed by atoms with E-state index in [1.54, 1.807) is 49.4 Å². The number of nitrogens with one attached hydrogen (secondary N) is 4. The molecule has 46 heavy (non-hydrogen) atoms. The summed E-state index contributed by atoms with van der Waals surface area (Å²) in [4.78, 5) is 44.9. The Morgan fingerprint density at radius 2 is 1.72 bits per heavy atom. The number of H-pyrrole nitrogens is 1. The molecule has 9 nitrogen and oxygen atoms in total. The summed E-state index contributed by atoms with van der Waals surface area (Å²) in [7, 11) is 0. The number of fused-ring (bicyclic) bond motifs is 1. The lowest BCUT2D eigenvalue weighted by molar-refractivity contribution is -0.110. The highest BCUT2D eigenvalue weighted by molar-refractivity contribution is 6.35. The molecule has 0 radical (unpaired) electrons. The van der Waals surface area contributed by atoms with Crippen molar-refractivity contribution in [3.8, 4) is 11.1 Å². The maximum Gasteiger partial charge on any atom is 0.256 e. The van der Waals surface area contributed by atoms with Gasteiger partial charge in [-0.15, -0.1) is 0 Å². The van der Waals surface area contributed by atoms with E-state index in [2.05, 4.69) is 20.9 Å². The molecule has 3 amide bonds. The molecule has 2 heterocycles. The number of aromatic nitrogens is 1. The van der Waals surface area contributed by atoms with Gasteiger partial charge in [0.1, 0.15) is 11.6 Å². The maximum atomic E-state index is 15.3. The van der Waals surface area contributed by atoms with E-state index >= 15 is 4.39 Å². The van der Waals surface area contributed by atoms with E-state index in [0.717, 1.165) is 25.2 Å². The van der Waals surface area contributed by atoms with E-state index in [4.69, 9.17) is 0 Å². The summed E-state index contributed by atoms with van der Waals surface area (Å²) in [5.74, 6) is -3.10. The molecular formula is C35H35F2N5O4. The topological polar surface area (TPSA) is 127 Å². The van der Waals surface area contributed by atoms with Gasteiger partial charge in [-0.1, -0.05) is 32.0 Å². The summed E-state index contributed by atoms with van der Waals surface area (Å²) < 4.78 is 29.2. The van der Waals surface area contributed by atoms with Gasteiger partial charge in [0.05, 0.1) is 17.2 Å². The van der Waals surface area contributed by atoms with Crippen LogP contribution in [0.5, 0.6) is 0 Å². The Balaban J connectivity index is 1.53. The molecule has 0 bridgehead atoms. The Labute approximate surface area is 265 Å². The summed E-state index contributed by atoms with van der Waals surface area (Å²) in [6.07, 6.45) is 0.639. The van der Waals surface area contributed by atoms with Crippen molar-refractivity contribution in [2.75, 3.05) is 36.8 Å². The zero-order chi connectivity index (χ0) is 33.0. The number of likely N-dealkylation sites (N-methyl/N-ethyl adjacent to an activating group) is 1. The zero-order valence-electron chi connectivity index (χ0n) is 25.7. The van der Waals surface area contributed by atoms with Crippen LogP contribution in [0.2, 0.25) is 0 Å².